The van der Waals surface area contributed by atoms with Crippen LogP contribution in [-0.4, -0.2) is 12.1 Å². The summed E-state index contributed by atoms with van der Waals surface area (Å²) >= 11 is 3.31. The van der Waals surface area contributed by atoms with E-state index in [1.165, 1.54) is 13.2 Å². The number of rotatable bonds is 1. The highest BCUT2D eigenvalue weighted by Crippen LogP contribution is 2.35. The number of nitrogens with zero attached hydrogens (tertiary/aromatic N) is 1. The molecule has 2 nitrogen and oxygen atoms in total. The number of aromatic nitrogens is 1. The highest BCUT2D eigenvalue weighted by molar-refractivity contribution is 9.10. The van der Waals surface area contributed by atoms with Crippen molar-refractivity contribution >= 4 is 26.7 Å². The van der Waals surface area contributed by atoms with E-state index in [-0.39, 0.29) is 11.6 Å². The minimum atomic E-state index is -0.369. The van der Waals surface area contributed by atoms with E-state index in [0.717, 1.165) is 16.3 Å². The largest absolute Gasteiger partial charge is 0.493 e. The molecule has 0 saturated carbocycles. The Balaban J connectivity index is 2.98. The molecular weight excluding hydrogens is 261 g/mol. The zero-order valence-corrected chi connectivity index (χ0v) is 9.93. The van der Waals surface area contributed by atoms with E-state index in [1.807, 2.05) is 6.92 Å². The average Bonchev–Trinajstić information content (AvgIpc) is 2.20. The molecule has 0 fully saturated rings. The molecule has 0 spiro atoms. The van der Waals surface area contributed by atoms with Gasteiger partial charge in [0.25, 0.3) is 0 Å². The molecule has 0 aliphatic rings. The number of fused-ring (bicyclic) bond motifs is 1. The first-order chi connectivity index (χ1) is 7.15. The van der Waals surface area contributed by atoms with Crippen LogP contribution in [0, 0.1) is 12.7 Å². The summed E-state index contributed by atoms with van der Waals surface area (Å²) in [4.78, 5) is 4.07. The van der Waals surface area contributed by atoms with E-state index in [4.69, 9.17) is 4.74 Å². The quantitative estimate of drug-likeness (QED) is 0.791. The van der Waals surface area contributed by atoms with Crippen molar-refractivity contribution in [2.24, 2.45) is 0 Å². The summed E-state index contributed by atoms with van der Waals surface area (Å²) in [5.74, 6) is -0.0979. The fourth-order valence-corrected chi connectivity index (χ4v) is 2.12. The molecule has 2 rings (SSSR count). The number of halogens is 2. The Kier molecular flexibility index (Phi) is 2.61. The van der Waals surface area contributed by atoms with Crippen molar-refractivity contribution in [2.45, 2.75) is 6.92 Å². The van der Waals surface area contributed by atoms with Crippen molar-refractivity contribution in [3.63, 3.8) is 0 Å². The Morgan fingerprint density at radius 1 is 1.40 bits per heavy atom. The molecule has 0 bridgehead atoms. The maximum Gasteiger partial charge on any atom is 0.166 e. The van der Waals surface area contributed by atoms with Crippen LogP contribution in [0.4, 0.5) is 4.39 Å². The summed E-state index contributed by atoms with van der Waals surface area (Å²) in [5, 5.41) is 1.62. The third-order valence-corrected chi connectivity index (χ3v) is 2.95. The first-order valence-corrected chi connectivity index (χ1v) is 5.20. The molecular formula is C11H9BrFNO. The Hall–Kier alpha value is -1.16. The van der Waals surface area contributed by atoms with Gasteiger partial charge in [-0.15, -0.1) is 0 Å². The third-order valence-electron chi connectivity index (χ3n) is 2.29. The number of ether oxygens (including phenoxy) is 1. The summed E-state index contributed by atoms with van der Waals surface area (Å²) in [6, 6.07) is 1.39. The number of pyridine rings is 1. The Morgan fingerprint density at radius 2 is 2.13 bits per heavy atom. The van der Waals surface area contributed by atoms with Gasteiger partial charge in [0.05, 0.1) is 7.11 Å². The lowest BCUT2D eigenvalue weighted by Gasteiger charge is -2.10. The van der Waals surface area contributed by atoms with E-state index in [9.17, 15) is 4.39 Å². The highest BCUT2D eigenvalue weighted by Gasteiger charge is 2.13. The van der Waals surface area contributed by atoms with Crippen molar-refractivity contribution in [1.29, 1.82) is 0 Å². The van der Waals surface area contributed by atoms with E-state index in [2.05, 4.69) is 20.9 Å². The Morgan fingerprint density at radius 3 is 2.80 bits per heavy atom. The maximum atomic E-state index is 13.6. The fraction of sp³-hybridized carbons (Fsp3) is 0.182. The summed E-state index contributed by atoms with van der Waals surface area (Å²) < 4.78 is 19.3. The lowest BCUT2D eigenvalue weighted by atomic mass is 10.1. The van der Waals surface area contributed by atoms with Crippen molar-refractivity contribution in [3.8, 4) is 5.75 Å². The minimum Gasteiger partial charge on any atom is -0.493 e. The lowest BCUT2D eigenvalue weighted by Crippen LogP contribution is -1.93. The second-order valence-electron chi connectivity index (χ2n) is 3.25. The molecule has 78 valence electrons. The van der Waals surface area contributed by atoms with Crippen molar-refractivity contribution in [3.05, 3.63) is 34.3 Å². The number of hydrogen-bond acceptors (Lipinski definition) is 2. The average molecular weight is 270 g/mol. The van der Waals surface area contributed by atoms with Gasteiger partial charge in [0, 0.05) is 27.6 Å². The zero-order valence-electron chi connectivity index (χ0n) is 8.34. The van der Waals surface area contributed by atoms with Crippen molar-refractivity contribution in [2.75, 3.05) is 7.11 Å². The van der Waals surface area contributed by atoms with Crippen LogP contribution in [0.2, 0.25) is 0 Å². The topological polar surface area (TPSA) is 22.1 Å². The number of hydrogen-bond donors (Lipinski definition) is 0. The van der Waals surface area contributed by atoms with Crippen LogP contribution in [0.1, 0.15) is 5.56 Å². The molecule has 4 heteroatoms. The fourth-order valence-electron chi connectivity index (χ4n) is 1.62. The predicted octanol–water partition coefficient (Wildman–Crippen LogP) is 3.45. The molecule has 15 heavy (non-hydrogen) atoms. The van der Waals surface area contributed by atoms with Gasteiger partial charge in [-0.05, 0) is 34.5 Å². The minimum absolute atomic E-state index is 0.271. The number of methoxy groups -OCH3 is 1. The Bertz CT molecular complexity index is 527. The van der Waals surface area contributed by atoms with E-state index in [1.54, 1.807) is 12.4 Å². The maximum absolute atomic E-state index is 13.6. The van der Waals surface area contributed by atoms with E-state index >= 15 is 0 Å². The van der Waals surface area contributed by atoms with Gasteiger partial charge in [0.1, 0.15) is 0 Å². The molecule has 0 N–H and O–H groups in total. The predicted molar refractivity (Wildman–Crippen MR) is 60.7 cm³/mol. The van der Waals surface area contributed by atoms with Gasteiger partial charge in [0.15, 0.2) is 11.6 Å². The van der Waals surface area contributed by atoms with E-state index < -0.39 is 0 Å². The van der Waals surface area contributed by atoms with Crippen molar-refractivity contribution in [1.82, 2.24) is 4.98 Å². The summed E-state index contributed by atoms with van der Waals surface area (Å²) in [7, 11) is 1.46. The van der Waals surface area contributed by atoms with Gasteiger partial charge in [-0.3, -0.25) is 4.98 Å². The molecule has 0 aliphatic heterocycles. The molecule has 1 aromatic heterocycles. The van der Waals surface area contributed by atoms with Crippen LogP contribution >= 0.6 is 15.9 Å². The van der Waals surface area contributed by atoms with Crippen LogP contribution < -0.4 is 4.74 Å². The molecule has 0 atom stereocenters. The number of aryl methyl sites for hydroxylation is 1. The van der Waals surface area contributed by atoms with Crippen LogP contribution in [-0.2, 0) is 0 Å². The van der Waals surface area contributed by atoms with Crippen LogP contribution in [0.25, 0.3) is 10.8 Å². The lowest BCUT2D eigenvalue weighted by molar-refractivity contribution is 0.391. The van der Waals surface area contributed by atoms with Crippen molar-refractivity contribution < 1.29 is 9.13 Å². The molecule has 0 amide bonds. The highest BCUT2D eigenvalue weighted by atomic mass is 79.9. The summed E-state index contributed by atoms with van der Waals surface area (Å²) in [6.45, 7) is 1.88. The van der Waals surface area contributed by atoms with Crippen LogP contribution in [0.5, 0.6) is 5.75 Å². The molecule has 0 unspecified atom stereocenters. The van der Waals surface area contributed by atoms with Crippen LogP contribution in [0.15, 0.2) is 22.9 Å². The Labute approximate surface area is 95.2 Å². The van der Waals surface area contributed by atoms with Gasteiger partial charge < -0.3 is 4.74 Å². The smallest absolute Gasteiger partial charge is 0.166 e. The van der Waals surface area contributed by atoms with Gasteiger partial charge in [-0.2, -0.15) is 0 Å². The first kappa shape index (κ1) is 10.4. The standard InChI is InChI=1S/C11H9BrFNO/c1-6-4-14-5-7-8(12)3-9(13)11(15-2)10(6)7/h3-5H,1-2H3. The van der Waals surface area contributed by atoms with Gasteiger partial charge in [-0.1, -0.05) is 0 Å². The number of benzene rings is 1. The monoisotopic (exact) mass is 269 g/mol. The molecule has 0 aliphatic carbocycles. The zero-order chi connectivity index (χ0) is 11.0. The second kappa shape index (κ2) is 3.77. The molecule has 1 aromatic carbocycles. The molecule has 0 saturated heterocycles. The second-order valence-corrected chi connectivity index (χ2v) is 4.11. The van der Waals surface area contributed by atoms with Crippen LogP contribution in [0.3, 0.4) is 0 Å². The van der Waals surface area contributed by atoms with E-state index in [0.29, 0.717) is 4.47 Å². The molecule has 1 heterocycles. The summed E-state index contributed by atoms with van der Waals surface area (Å²) in [6.07, 6.45) is 3.38. The summed E-state index contributed by atoms with van der Waals surface area (Å²) in [5.41, 5.74) is 0.893. The molecule has 2 aromatic rings. The first-order valence-electron chi connectivity index (χ1n) is 4.41. The van der Waals surface area contributed by atoms with Gasteiger partial charge >= 0.3 is 0 Å². The van der Waals surface area contributed by atoms with Gasteiger partial charge in [0.2, 0.25) is 0 Å². The van der Waals surface area contributed by atoms with Gasteiger partial charge in [-0.25, -0.2) is 4.39 Å². The third kappa shape index (κ3) is 1.59. The SMILES string of the molecule is COc1c(F)cc(Br)c2cncc(C)c12. The normalized spacial score (nSPS) is 10.7. The molecule has 0 radical (unpaired) electrons.